The molecular weight excluding hydrogens is 388 g/mol. The van der Waals surface area contributed by atoms with Gasteiger partial charge in [-0.25, -0.2) is 9.13 Å². The van der Waals surface area contributed by atoms with Crippen molar-refractivity contribution in [3.63, 3.8) is 0 Å². The van der Waals surface area contributed by atoms with Crippen LogP contribution < -0.4 is 9.13 Å². The molecule has 2 aromatic heterocycles. The summed E-state index contributed by atoms with van der Waals surface area (Å²) in [5.74, 6) is 1.56. The molecule has 32 heavy (non-hydrogen) atoms. The Kier molecular flexibility index (Phi) is 14.9. The van der Waals surface area contributed by atoms with E-state index in [0.717, 1.165) is 18.4 Å². The van der Waals surface area contributed by atoms with Gasteiger partial charge in [-0.2, -0.15) is 0 Å². The predicted molar refractivity (Wildman–Crippen MR) is 140 cm³/mol. The number of rotatable bonds is 13. The van der Waals surface area contributed by atoms with Crippen LogP contribution in [0.2, 0.25) is 0 Å². The van der Waals surface area contributed by atoms with Crippen molar-refractivity contribution in [2.45, 2.75) is 119 Å². The molecule has 2 aromatic rings. The molecular formula is C30H52N2+2. The fraction of sp³-hybridized carbons (Fsp3) is 0.667. The highest BCUT2D eigenvalue weighted by molar-refractivity contribution is 5.60. The SMILES string of the molecule is CCC.CCCCC(CC)C[n+]1ccc(-c2cc[n+](C(C)C(CC)CCCC)cc2)cc1. The van der Waals surface area contributed by atoms with Gasteiger partial charge in [0.25, 0.3) is 0 Å². The van der Waals surface area contributed by atoms with Crippen molar-refractivity contribution in [3.05, 3.63) is 49.1 Å². The molecule has 0 aliphatic heterocycles. The Morgan fingerprint density at radius 3 is 1.66 bits per heavy atom. The lowest BCUT2D eigenvalue weighted by molar-refractivity contribution is -0.727. The first kappa shape index (κ1) is 28.3. The van der Waals surface area contributed by atoms with Gasteiger partial charge in [-0.05, 0) is 43.7 Å². The molecule has 2 heterocycles. The number of unbranched alkanes of at least 4 members (excludes halogenated alkanes) is 2. The number of aromatic nitrogens is 2. The quantitative estimate of drug-likeness (QED) is 0.276. The van der Waals surface area contributed by atoms with E-state index >= 15 is 0 Å². The number of hydrogen-bond acceptors (Lipinski definition) is 0. The second-order valence-electron chi connectivity index (χ2n) is 9.49. The maximum Gasteiger partial charge on any atom is 0.169 e. The van der Waals surface area contributed by atoms with Gasteiger partial charge in [0.15, 0.2) is 37.4 Å². The van der Waals surface area contributed by atoms with Crippen LogP contribution in [-0.4, -0.2) is 0 Å². The summed E-state index contributed by atoms with van der Waals surface area (Å²) >= 11 is 0. The lowest BCUT2D eigenvalue weighted by atomic mass is 9.92. The van der Waals surface area contributed by atoms with Crippen LogP contribution in [-0.2, 0) is 6.54 Å². The molecule has 2 nitrogen and oxygen atoms in total. The van der Waals surface area contributed by atoms with Gasteiger partial charge in [0.05, 0.1) is 0 Å². The minimum absolute atomic E-state index is 0.563. The molecule has 0 amide bonds. The zero-order valence-electron chi connectivity index (χ0n) is 22.3. The van der Waals surface area contributed by atoms with E-state index in [1.807, 2.05) is 0 Å². The van der Waals surface area contributed by atoms with Crippen LogP contribution in [0, 0.1) is 11.8 Å². The fourth-order valence-electron chi connectivity index (χ4n) is 4.39. The zero-order valence-corrected chi connectivity index (χ0v) is 22.3. The Labute approximate surface area is 200 Å². The van der Waals surface area contributed by atoms with Crippen molar-refractivity contribution >= 4 is 0 Å². The third-order valence-corrected chi connectivity index (χ3v) is 6.69. The average molecular weight is 441 g/mol. The van der Waals surface area contributed by atoms with E-state index in [1.54, 1.807) is 0 Å². The highest BCUT2D eigenvalue weighted by atomic mass is 15.0. The minimum atomic E-state index is 0.563. The van der Waals surface area contributed by atoms with E-state index in [4.69, 9.17) is 0 Å². The fourth-order valence-corrected chi connectivity index (χ4v) is 4.39. The van der Waals surface area contributed by atoms with Crippen molar-refractivity contribution in [3.8, 4) is 11.1 Å². The van der Waals surface area contributed by atoms with Gasteiger partial charge < -0.3 is 0 Å². The monoisotopic (exact) mass is 440 g/mol. The largest absolute Gasteiger partial charge is 0.205 e. The Hall–Kier alpha value is -1.70. The summed E-state index contributed by atoms with van der Waals surface area (Å²) in [5.41, 5.74) is 2.61. The van der Waals surface area contributed by atoms with Crippen LogP contribution in [0.3, 0.4) is 0 Å². The lowest BCUT2D eigenvalue weighted by Crippen LogP contribution is -2.41. The standard InChI is InChI=1S/C27H44N2.C3H8/c1-6-10-12-24(8-3)22-28-18-14-26(15-19-28)27-16-20-29(21-17-27)23(5)25(9-4)13-11-7-2;1-3-2/h14-21,23-25H,6-13,22H2,1-5H3;3H2,1-2H3/q+2;. The molecule has 0 aromatic carbocycles. The van der Waals surface area contributed by atoms with Crippen molar-refractivity contribution in [2.24, 2.45) is 11.8 Å². The van der Waals surface area contributed by atoms with Gasteiger partial charge in [0.1, 0.15) is 0 Å². The molecule has 0 aliphatic carbocycles. The highest BCUT2D eigenvalue weighted by Gasteiger charge is 2.22. The zero-order chi connectivity index (χ0) is 23.8. The van der Waals surface area contributed by atoms with E-state index in [9.17, 15) is 0 Å². The first-order chi connectivity index (χ1) is 15.5. The third-order valence-electron chi connectivity index (χ3n) is 6.69. The summed E-state index contributed by atoms with van der Waals surface area (Å²) < 4.78 is 4.76. The summed E-state index contributed by atoms with van der Waals surface area (Å²) in [6.45, 7) is 17.0. The number of pyridine rings is 2. The van der Waals surface area contributed by atoms with Crippen LogP contribution in [0.5, 0.6) is 0 Å². The topological polar surface area (TPSA) is 7.76 Å². The van der Waals surface area contributed by atoms with Crippen LogP contribution in [0.1, 0.15) is 112 Å². The maximum absolute atomic E-state index is 2.40. The normalized spacial score (nSPS) is 13.7. The molecule has 0 radical (unpaired) electrons. The van der Waals surface area contributed by atoms with Gasteiger partial charge in [-0.1, -0.05) is 73.6 Å². The molecule has 0 saturated heterocycles. The first-order valence-electron chi connectivity index (χ1n) is 13.5. The van der Waals surface area contributed by atoms with Crippen LogP contribution in [0.15, 0.2) is 49.1 Å². The molecule has 2 rings (SSSR count). The Morgan fingerprint density at radius 2 is 1.19 bits per heavy atom. The summed E-state index contributed by atoms with van der Waals surface area (Å²) in [5, 5.41) is 0. The smallest absolute Gasteiger partial charge is 0.169 e. The maximum atomic E-state index is 2.40. The highest BCUT2D eigenvalue weighted by Crippen LogP contribution is 2.23. The van der Waals surface area contributed by atoms with Gasteiger partial charge in [0.2, 0.25) is 0 Å². The van der Waals surface area contributed by atoms with Crippen molar-refractivity contribution in [1.82, 2.24) is 0 Å². The first-order valence-corrected chi connectivity index (χ1v) is 13.5. The molecule has 180 valence electrons. The lowest BCUT2D eigenvalue weighted by Gasteiger charge is -2.18. The van der Waals surface area contributed by atoms with Crippen LogP contribution in [0.4, 0.5) is 0 Å². The average Bonchev–Trinajstić information content (AvgIpc) is 2.83. The van der Waals surface area contributed by atoms with Crippen molar-refractivity contribution in [2.75, 3.05) is 0 Å². The molecule has 0 spiro atoms. The van der Waals surface area contributed by atoms with E-state index in [2.05, 4.69) is 107 Å². The molecule has 0 fully saturated rings. The van der Waals surface area contributed by atoms with Gasteiger partial charge in [0, 0.05) is 36.1 Å². The Bertz CT molecular complexity index is 690. The molecule has 3 atom stereocenters. The van der Waals surface area contributed by atoms with Crippen LogP contribution in [0.25, 0.3) is 11.1 Å². The van der Waals surface area contributed by atoms with Crippen LogP contribution >= 0.6 is 0 Å². The number of nitrogens with zero attached hydrogens (tertiary/aromatic N) is 2. The Balaban J connectivity index is 0.00000161. The van der Waals surface area contributed by atoms with Crippen molar-refractivity contribution < 1.29 is 9.13 Å². The molecule has 3 unspecified atom stereocenters. The number of hydrogen-bond donors (Lipinski definition) is 0. The predicted octanol–water partition coefficient (Wildman–Crippen LogP) is 8.34. The molecule has 0 aliphatic rings. The molecule has 0 saturated carbocycles. The van der Waals surface area contributed by atoms with Crippen molar-refractivity contribution in [1.29, 1.82) is 0 Å². The second-order valence-corrected chi connectivity index (χ2v) is 9.49. The van der Waals surface area contributed by atoms with Gasteiger partial charge >= 0.3 is 0 Å². The van der Waals surface area contributed by atoms with E-state index in [0.29, 0.717) is 6.04 Å². The minimum Gasteiger partial charge on any atom is -0.205 e. The molecule has 2 heteroatoms. The summed E-state index contributed by atoms with van der Waals surface area (Å²) in [4.78, 5) is 0. The molecule has 0 bridgehead atoms. The third kappa shape index (κ3) is 9.84. The molecule has 0 N–H and O–H groups in total. The Morgan fingerprint density at radius 1 is 0.688 bits per heavy atom. The van der Waals surface area contributed by atoms with Gasteiger partial charge in [-0.3, -0.25) is 0 Å². The van der Waals surface area contributed by atoms with E-state index in [-0.39, 0.29) is 0 Å². The van der Waals surface area contributed by atoms with E-state index < -0.39 is 0 Å². The van der Waals surface area contributed by atoms with Gasteiger partial charge in [-0.15, -0.1) is 0 Å². The van der Waals surface area contributed by atoms with E-state index in [1.165, 1.54) is 68.9 Å². The summed E-state index contributed by atoms with van der Waals surface area (Å²) in [7, 11) is 0. The second kappa shape index (κ2) is 16.9. The summed E-state index contributed by atoms with van der Waals surface area (Å²) in [6.07, 6.45) is 20.8. The summed E-state index contributed by atoms with van der Waals surface area (Å²) in [6, 6.07) is 9.65.